The summed E-state index contributed by atoms with van der Waals surface area (Å²) in [6.45, 7) is 3.43. The molecule has 2 amide bonds. The normalized spacial score (nSPS) is 14.7. The fourth-order valence-corrected chi connectivity index (χ4v) is 7.22. The largest absolute Gasteiger partial charge is 0.352 e. The number of carbonyl (C=O) groups excluding carboxylic acids is 2. The molecule has 0 aliphatic heterocycles. The molecule has 0 radical (unpaired) electrons. The number of hydrogen-bond donors (Lipinski definition) is 1. The molecule has 42 heavy (non-hydrogen) atoms. The first kappa shape index (κ1) is 31.9. The molecule has 1 N–H and O–H groups in total. The quantitative estimate of drug-likeness (QED) is 0.254. The van der Waals surface area contributed by atoms with Crippen LogP contribution in [-0.2, 0) is 26.2 Å². The highest BCUT2D eigenvalue weighted by atomic mass is 35.5. The Bertz CT molecular complexity index is 1460. The minimum atomic E-state index is -4.20. The number of benzene rings is 3. The van der Waals surface area contributed by atoms with E-state index in [2.05, 4.69) is 5.32 Å². The molecule has 4 rings (SSSR count). The third-order valence-electron chi connectivity index (χ3n) is 7.56. The lowest BCUT2D eigenvalue weighted by molar-refractivity contribution is -0.140. The maximum absolute atomic E-state index is 14.2. The van der Waals surface area contributed by atoms with Gasteiger partial charge < -0.3 is 10.2 Å². The Kier molecular flexibility index (Phi) is 10.9. The molecule has 0 saturated heterocycles. The van der Waals surface area contributed by atoms with Gasteiger partial charge in [0.1, 0.15) is 12.6 Å². The van der Waals surface area contributed by atoms with Crippen LogP contribution in [0.25, 0.3) is 0 Å². The second-order valence-corrected chi connectivity index (χ2v) is 13.5. The Morgan fingerprint density at radius 3 is 2.14 bits per heavy atom. The van der Waals surface area contributed by atoms with Crippen LogP contribution >= 0.6 is 23.2 Å². The molecule has 1 aliphatic rings. The summed E-state index contributed by atoms with van der Waals surface area (Å²) in [5.41, 5.74) is 2.05. The maximum Gasteiger partial charge on any atom is 0.264 e. The zero-order valence-corrected chi connectivity index (χ0v) is 26.3. The number of amides is 2. The molecular weight excluding hydrogens is 593 g/mol. The summed E-state index contributed by atoms with van der Waals surface area (Å²) in [5.74, 6) is -0.745. The second kappa shape index (κ2) is 14.4. The topological polar surface area (TPSA) is 86.8 Å². The van der Waals surface area contributed by atoms with Gasteiger partial charge in [-0.1, -0.05) is 97.4 Å². The van der Waals surface area contributed by atoms with Crippen molar-refractivity contribution in [2.75, 3.05) is 10.8 Å². The van der Waals surface area contributed by atoms with Crippen molar-refractivity contribution in [2.45, 2.75) is 75.9 Å². The summed E-state index contributed by atoms with van der Waals surface area (Å²) < 4.78 is 28.9. The number of halogens is 2. The molecule has 0 heterocycles. The zero-order valence-electron chi connectivity index (χ0n) is 23.9. The van der Waals surface area contributed by atoms with Crippen LogP contribution < -0.4 is 9.62 Å². The smallest absolute Gasteiger partial charge is 0.264 e. The molecule has 0 unspecified atom stereocenters. The molecule has 0 bridgehead atoms. The van der Waals surface area contributed by atoms with Gasteiger partial charge in [-0.15, -0.1) is 0 Å². The van der Waals surface area contributed by atoms with E-state index < -0.39 is 28.5 Å². The summed E-state index contributed by atoms with van der Waals surface area (Å²) in [4.78, 5) is 29.3. The summed E-state index contributed by atoms with van der Waals surface area (Å²) in [7, 11) is -4.20. The molecule has 1 aliphatic carbocycles. The average molecular weight is 631 g/mol. The molecule has 7 nitrogen and oxygen atoms in total. The van der Waals surface area contributed by atoms with Crippen molar-refractivity contribution in [3.05, 3.63) is 94.0 Å². The molecule has 1 atom stereocenters. The highest BCUT2D eigenvalue weighted by Crippen LogP contribution is 2.30. The standard InChI is InChI=1S/C32H37Cl2N3O4S/c1-3-30(32(39)35-27-10-6-4-7-11-27)36(21-24-16-14-23(2)15-17-24)31(38)22-37(28-19-25(33)18-26(34)20-28)42(40,41)29-12-8-5-9-13-29/h5,8-9,12-20,27,30H,3-4,6-7,10-11,21-22H2,1-2H3,(H,35,39)/t30-/m1/s1. The van der Waals surface area contributed by atoms with Gasteiger partial charge in [0.25, 0.3) is 10.0 Å². The van der Waals surface area contributed by atoms with Gasteiger partial charge in [0.2, 0.25) is 11.8 Å². The van der Waals surface area contributed by atoms with E-state index in [0.717, 1.165) is 47.5 Å². The molecule has 3 aromatic carbocycles. The van der Waals surface area contributed by atoms with Gasteiger partial charge in [-0.2, -0.15) is 0 Å². The van der Waals surface area contributed by atoms with E-state index in [1.807, 2.05) is 38.1 Å². The fraction of sp³-hybridized carbons (Fsp3) is 0.375. The van der Waals surface area contributed by atoms with Gasteiger partial charge in [-0.25, -0.2) is 8.42 Å². The number of sulfonamides is 1. The Labute approximate surface area is 258 Å². The lowest BCUT2D eigenvalue weighted by Crippen LogP contribution is -2.54. The lowest BCUT2D eigenvalue weighted by atomic mass is 9.95. The predicted octanol–water partition coefficient (Wildman–Crippen LogP) is 6.75. The van der Waals surface area contributed by atoms with Gasteiger partial charge in [0, 0.05) is 22.6 Å². The Hall–Kier alpha value is -3.07. The van der Waals surface area contributed by atoms with Crippen molar-refractivity contribution in [1.82, 2.24) is 10.2 Å². The number of rotatable bonds is 11. The fourth-order valence-electron chi connectivity index (χ4n) is 5.29. The summed E-state index contributed by atoms with van der Waals surface area (Å²) >= 11 is 12.5. The van der Waals surface area contributed by atoms with Gasteiger partial charge in [-0.05, 0) is 62.1 Å². The molecule has 1 fully saturated rings. The van der Waals surface area contributed by atoms with E-state index in [-0.39, 0.29) is 39.1 Å². The number of hydrogen-bond acceptors (Lipinski definition) is 4. The van der Waals surface area contributed by atoms with Crippen LogP contribution in [0.15, 0.2) is 77.7 Å². The Morgan fingerprint density at radius 2 is 1.55 bits per heavy atom. The van der Waals surface area contributed by atoms with Gasteiger partial charge >= 0.3 is 0 Å². The van der Waals surface area contributed by atoms with Crippen molar-refractivity contribution in [1.29, 1.82) is 0 Å². The lowest BCUT2D eigenvalue weighted by Gasteiger charge is -2.34. The molecule has 0 spiro atoms. The molecule has 224 valence electrons. The van der Waals surface area contributed by atoms with E-state index in [1.165, 1.54) is 35.2 Å². The minimum absolute atomic E-state index is 0.0149. The first-order valence-electron chi connectivity index (χ1n) is 14.3. The maximum atomic E-state index is 14.2. The highest BCUT2D eigenvalue weighted by Gasteiger charge is 2.34. The zero-order chi connectivity index (χ0) is 30.3. The number of nitrogens with one attached hydrogen (secondary N) is 1. The van der Waals surface area contributed by atoms with Crippen molar-refractivity contribution < 1.29 is 18.0 Å². The van der Waals surface area contributed by atoms with E-state index in [4.69, 9.17) is 23.2 Å². The van der Waals surface area contributed by atoms with Crippen LogP contribution in [-0.4, -0.2) is 43.8 Å². The summed E-state index contributed by atoms with van der Waals surface area (Å²) in [6, 6.07) is 19.3. The molecular formula is C32H37Cl2N3O4S. The number of nitrogens with zero attached hydrogens (tertiary/aromatic N) is 2. The average Bonchev–Trinajstić information content (AvgIpc) is 2.97. The van der Waals surface area contributed by atoms with E-state index in [0.29, 0.717) is 6.42 Å². The Balaban J connectivity index is 1.71. The number of aryl methyl sites for hydroxylation is 1. The number of anilines is 1. The first-order chi connectivity index (χ1) is 20.1. The molecule has 1 saturated carbocycles. The van der Waals surface area contributed by atoms with Crippen molar-refractivity contribution in [2.24, 2.45) is 0 Å². The predicted molar refractivity (Wildman–Crippen MR) is 168 cm³/mol. The van der Waals surface area contributed by atoms with Crippen molar-refractivity contribution in [3.63, 3.8) is 0 Å². The van der Waals surface area contributed by atoms with Gasteiger partial charge in [-0.3, -0.25) is 13.9 Å². The summed E-state index contributed by atoms with van der Waals surface area (Å²) in [6.07, 6.45) is 5.45. The van der Waals surface area contributed by atoms with Crippen molar-refractivity contribution in [3.8, 4) is 0 Å². The van der Waals surface area contributed by atoms with Crippen LogP contribution in [0.5, 0.6) is 0 Å². The SMILES string of the molecule is CC[C@H](C(=O)NC1CCCCC1)N(Cc1ccc(C)cc1)C(=O)CN(c1cc(Cl)cc(Cl)c1)S(=O)(=O)c1ccccc1. The molecule has 10 heteroatoms. The van der Waals surface area contributed by atoms with Crippen LogP contribution in [0, 0.1) is 6.92 Å². The van der Waals surface area contributed by atoms with Crippen molar-refractivity contribution >= 4 is 50.7 Å². The van der Waals surface area contributed by atoms with E-state index in [1.54, 1.807) is 18.2 Å². The van der Waals surface area contributed by atoms with Crippen LogP contribution in [0.2, 0.25) is 10.0 Å². The third-order valence-corrected chi connectivity index (χ3v) is 9.78. The summed E-state index contributed by atoms with van der Waals surface area (Å²) in [5, 5.41) is 3.62. The first-order valence-corrected chi connectivity index (χ1v) is 16.5. The second-order valence-electron chi connectivity index (χ2n) is 10.7. The van der Waals surface area contributed by atoms with E-state index in [9.17, 15) is 18.0 Å². The third kappa shape index (κ3) is 8.06. The van der Waals surface area contributed by atoms with Gasteiger partial charge in [0.05, 0.1) is 10.6 Å². The van der Waals surface area contributed by atoms with Crippen LogP contribution in [0.1, 0.15) is 56.6 Å². The van der Waals surface area contributed by atoms with E-state index >= 15 is 0 Å². The monoisotopic (exact) mass is 629 g/mol. The highest BCUT2D eigenvalue weighted by molar-refractivity contribution is 7.92. The molecule has 3 aromatic rings. The van der Waals surface area contributed by atoms with Gasteiger partial charge in [0.15, 0.2) is 0 Å². The number of carbonyl (C=O) groups is 2. The van der Waals surface area contributed by atoms with Crippen LogP contribution in [0.3, 0.4) is 0 Å². The molecule has 0 aromatic heterocycles. The van der Waals surface area contributed by atoms with Crippen LogP contribution in [0.4, 0.5) is 5.69 Å². The Morgan fingerprint density at radius 1 is 0.929 bits per heavy atom. The minimum Gasteiger partial charge on any atom is -0.352 e.